The fourth-order valence-corrected chi connectivity index (χ4v) is 2.89. The van der Waals surface area contributed by atoms with Crippen LogP contribution in [0, 0.1) is 0 Å². The monoisotopic (exact) mass is 272 g/mol. The van der Waals surface area contributed by atoms with Crippen LogP contribution in [0.2, 0.25) is 0 Å². The van der Waals surface area contributed by atoms with Gasteiger partial charge in [-0.1, -0.05) is 30.0 Å². The van der Waals surface area contributed by atoms with E-state index in [2.05, 4.69) is 0 Å². The Hall–Kier alpha value is -0.630. The zero-order valence-electron chi connectivity index (χ0n) is 9.59. The van der Waals surface area contributed by atoms with Crippen molar-refractivity contribution in [1.29, 1.82) is 0 Å². The minimum atomic E-state index is -1.20. The Morgan fingerprint density at radius 3 is 2.44 bits per heavy atom. The molecule has 0 radical (unpaired) electrons. The highest BCUT2D eigenvalue weighted by atomic mass is 32.2. The molecule has 4 N–H and O–H groups in total. The summed E-state index contributed by atoms with van der Waals surface area (Å²) in [5.41, 5.74) is -0.659. The number of rotatable bonds is 4. The molecule has 1 heterocycles. The van der Waals surface area contributed by atoms with Crippen LogP contribution in [0.5, 0.6) is 0 Å². The molecule has 1 aromatic carbocycles. The summed E-state index contributed by atoms with van der Waals surface area (Å²) in [7, 11) is 0. The molecule has 5 nitrogen and oxygen atoms in total. The van der Waals surface area contributed by atoms with Crippen LogP contribution >= 0.6 is 11.8 Å². The molecule has 6 heteroatoms. The van der Waals surface area contributed by atoms with Gasteiger partial charge in [-0.2, -0.15) is 0 Å². The topological polar surface area (TPSA) is 90.2 Å². The maximum atomic E-state index is 9.85. The van der Waals surface area contributed by atoms with E-state index in [0.29, 0.717) is 0 Å². The molecule has 1 fully saturated rings. The Bertz CT molecular complexity index is 374. The zero-order valence-corrected chi connectivity index (χ0v) is 10.4. The Kier molecular flexibility index (Phi) is 4.60. The Morgan fingerprint density at radius 2 is 1.83 bits per heavy atom. The molecule has 100 valence electrons. The lowest BCUT2D eigenvalue weighted by Gasteiger charge is -2.18. The third-order valence-corrected chi connectivity index (χ3v) is 3.98. The van der Waals surface area contributed by atoms with Gasteiger partial charge in [0.1, 0.15) is 29.9 Å². The highest BCUT2D eigenvalue weighted by Gasteiger charge is 2.46. The van der Waals surface area contributed by atoms with Gasteiger partial charge >= 0.3 is 0 Å². The van der Waals surface area contributed by atoms with E-state index in [1.54, 1.807) is 0 Å². The lowest BCUT2D eigenvalue weighted by molar-refractivity contribution is -0.0713. The standard InChI is InChI=1S/C12H16O5S/c13-6-8(14)11-9(15)10(16)12(17-11)18-7-4-2-1-3-5-7/h1-5,8-16H,6H2/t8-,9-,10+,11-,12+/m0/s1. The number of hydrogen-bond donors (Lipinski definition) is 4. The van der Waals surface area contributed by atoms with Gasteiger partial charge in [0.25, 0.3) is 0 Å². The van der Waals surface area contributed by atoms with Gasteiger partial charge in [-0.15, -0.1) is 0 Å². The molecule has 18 heavy (non-hydrogen) atoms. The second kappa shape index (κ2) is 6.01. The van der Waals surface area contributed by atoms with Crippen molar-refractivity contribution in [1.82, 2.24) is 0 Å². The van der Waals surface area contributed by atoms with Crippen molar-refractivity contribution in [2.24, 2.45) is 0 Å². The predicted octanol–water partition coefficient (Wildman–Crippen LogP) is -0.421. The van der Waals surface area contributed by atoms with E-state index in [9.17, 15) is 15.3 Å². The molecular formula is C12H16O5S. The summed E-state index contributed by atoms with van der Waals surface area (Å²) in [5, 5.41) is 37.9. The molecule has 2 rings (SSSR count). The summed E-state index contributed by atoms with van der Waals surface area (Å²) < 4.78 is 5.40. The maximum absolute atomic E-state index is 9.85. The highest BCUT2D eigenvalue weighted by molar-refractivity contribution is 7.99. The molecule has 0 aromatic heterocycles. The summed E-state index contributed by atoms with van der Waals surface area (Å²) in [6.07, 6.45) is -4.46. The van der Waals surface area contributed by atoms with E-state index in [1.807, 2.05) is 30.3 Å². The molecule has 1 saturated heterocycles. The van der Waals surface area contributed by atoms with Gasteiger partial charge in [0.15, 0.2) is 0 Å². The molecule has 0 bridgehead atoms. The van der Waals surface area contributed by atoms with E-state index >= 15 is 0 Å². The zero-order chi connectivity index (χ0) is 13.1. The Labute approximate surface area is 109 Å². The predicted molar refractivity (Wildman–Crippen MR) is 66.1 cm³/mol. The largest absolute Gasteiger partial charge is 0.394 e. The molecule has 0 spiro atoms. The van der Waals surface area contributed by atoms with E-state index < -0.39 is 36.5 Å². The summed E-state index contributed by atoms with van der Waals surface area (Å²) in [5.74, 6) is 0. The molecular weight excluding hydrogens is 256 g/mol. The van der Waals surface area contributed by atoms with Crippen molar-refractivity contribution in [3.63, 3.8) is 0 Å². The highest BCUT2D eigenvalue weighted by Crippen LogP contribution is 2.35. The first-order valence-corrected chi connectivity index (χ1v) is 6.53. The minimum Gasteiger partial charge on any atom is -0.394 e. The van der Waals surface area contributed by atoms with E-state index in [4.69, 9.17) is 9.84 Å². The fraction of sp³-hybridized carbons (Fsp3) is 0.500. The summed E-state index contributed by atoms with van der Waals surface area (Å²) in [6, 6.07) is 9.33. The van der Waals surface area contributed by atoms with E-state index in [0.717, 1.165) is 4.90 Å². The lowest BCUT2D eigenvalue weighted by Crippen LogP contribution is -2.40. The average Bonchev–Trinajstić information content (AvgIpc) is 2.67. The van der Waals surface area contributed by atoms with E-state index in [1.165, 1.54) is 11.8 Å². The van der Waals surface area contributed by atoms with Crippen LogP contribution < -0.4 is 0 Å². The van der Waals surface area contributed by atoms with Crippen LogP contribution in [-0.2, 0) is 4.74 Å². The normalized spacial score (nSPS) is 33.6. The van der Waals surface area contributed by atoms with Gasteiger partial charge < -0.3 is 25.2 Å². The van der Waals surface area contributed by atoms with Crippen LogP contribution in [0.3, 0.4) is 0 Å². The molecule has 1 aliphatic heterocycles. The summed E-state index contributed by atoms with van der Waals surface area (Å²) >= 11 is 1.27. The van der Waals surface area contributed by atoms with Gasteiger partial charge in [-0.25, -0.2) is 0 Å². The first-order valence-electron chi connectivity index (χ1n) is 5.65. The number of aliphatic hydroxyl groups excluding tert-OH is 4. The number of thioether (sulfide) groups is 1. The smallest absolute Gasteiger partial charge is 0.136 e. The minimum absolute atomic E-state index is 0.517. The average molecular weight is 272 g/mol. The third kappa shape index (κ3) is 2.85. The molecule has 0 unspecified atom stereocenters. The van der Waals surface area contributed by atoms with Gasteiger partial charge in [0.05, 0.1) is 6.61 Å². The first-order chi connectivity index (χ1) is 8.63. The molecule has 5 atom stereocenters. The van der Waals surface area contributed by atoms with Crippen LogP contribution in [-0.4, -0.2) is 56.9 Å². The van der Waals surface area contributed by atoms with Crippen molar-refractivity contribution >= 4 is 11.8 Å². The van der Waals surface area contributed by atoms with Crippen molar-refractivity contribution in [2.45, 2.75) is 34.7 Å². The van der Waals surface area contributed by atoms with Gasteiger partial charge in [-0.05, 0) is 12.1 Å². The number of hydrogen-bond acceptors (Lipinski definition) is 6. The maximum Gasteiger partial charge on any atom is 0.136 e. The number of benzene rings is 1. The Balaban J connectivity index is 2.03. The van der Waals surface area contributed by atoms with E-state index in [-0.39, 0.29) is 0 Å². The summed E-state index contributed by atoms with van der Waals surface area (Å²) in [4.78, 5) is 0.896. The Morgan fingerprint density at radius 1 is 1.17 bits per heavy atom. The van der Waals surface area contributed by atoms with Crippen LogP contribution in [0.1, 0.15) is 0 Å². The van der Waals surface area contributed by atoms with Crippen molar-refractivity contribution in [3.05, 3.63) is 30.3 Å². The van der Waals surface area contributed by atoms with Crippen molar-refractivity contribution in [2.75, 3.05) is 6.61 Å². The van der Waals surface area contributed by atoms with Gasteiger partial charge in [0, 0.05) is 4.90 Å². The van der Waals surface area contributed by atoms with Crippen molar-refractivity contribution in [3.8, 4) is 0 Å². The van der Waals surface area contributed by atoms with Crippen LogP contribution in [0.4, 0.5) is 0 Å². The second-order valence-corrected chi connectivity index (χ2v) is 5.30. The first kappa shape index (κ1) is 13.8. The fourth-order valence-electron chi connectivity index (χ4n) is 1.82. The van der Waals surface area contributed by atoms with Crippen LogP contribution in [0.15, 0.2) is 35.2 Å². The third-order valence-electron chi connectivity index (χ3n) is 2.82. The quantitative estimate of drug-likeness (QED) is 0.595. The molecule has 0 saturated carbocycles. The number of ether oxygens (including phenoxy) is 1. The van der Waals surface area contributed by atoms with Crippen LogP contribution in [0.25, 0.3) is 0 Å². The van der Waals surface area contributed by atoms with Crippen molar-refractivity contribution < 1.29 is 25.2 Å². The lowest BCUT2D eigenvalue weighted by atomic mass is 10.1. The molecule has 0 amide bonds. The second-order valence-electron chi connectivity index (χ2n) is 4.13. The summed E-state index contributed by atoms with van der Waals surface area (Å²) in [6.45, 7) is -0.517. The van der Waals surface area contributed by atoms with Gasteiger partial charge in [-0.3, -0.25) is 0 Å². The molecule has 1 aromatic rings. The number of aliphatic hydroxyl groups is 4. The van der Waals surface area contributed by atoms with Gasteiger partial charge in [0.2, 0.25) is 0 Å². The SMILES string of the molecule is OC[C@H](O)[C@@H]1O[C@H](Sc2ccccc2)[C@H](O)[C@@H]1O. The molecule has 0 aliphatic carbocycles. The molecule has 1 aliphatic rings.